The van der Waals surface area contributed by atoms with Crippen molar-refractivity contribution in [1.82, 2.24) is 25.1 Å². The maximum Gasteiger partial charge on any atom is 0.245 e. The number of hydrogen-bond donors (Lipinski definition) is 0. The van der Waals surface area contributed by atoms with Crippen LogP contribution in [0.5, 0.6) is 0 Å². The zero-order valence-electron chi connectivity index (χ0n) is 11.0. The number of piperazine rings is 1. The Morgan fingerprint density at radius 2 is 2.06 bits per heavy atom. The van der Waals surface area contributed by atoms with Gasteiger partial charge in [0.1, 0.15) is 0 Å². The first kappa shape index (κ1) is 12.8. The highest BCUT2D eigenvalue weighted by Crippen LogP contribution is 2.14. The topological polar surface area (TPSA) is 73.9 Å². The molecule has 1 aliphatic heterocycles. The van der Waals surface area contributed by atoms with Crippen LogP contribution in [-0.4, -0.2) is 57.3 Å². The van der Waals surface area contributed by atoms with Crippen LogP contribution in [0.4, 0.5) is 5.95 Å². The van der Waals surface area contributed by atoms with Gasteiger partial charge < -0.3 is 4.90 Å². The lowest BCUT2D eigenvalue weighted by Crippen LogP contribution is -2.50. The summed E-state index contributed by atoms with van der Waals surface area (Å²) in [5.74, 6) is 0.804. The molecule has 1 aliphatic rings. The Bertz CT molecular complexity index is 413. The van der Waals surface area contributed by atoms with E-state index >= 15 is 0 Å². The molecule has 98 valence electrons. The Morgan fingerprint density at radius 3 is 2.56 bits per heavy atom. The molecule has 2 heterocycles. The molecular formula is C11H19N7. The van der Waals surface area contributed by atoms with Gasteiger partial charge in [0.25, 0.3) is 0 Å². The van der Waals surface area contributed by atoms with Crippen molar-refractivity contribution in [2.45, 2.75) is 25.8 Å². The van der Waals surface area contributed by atoms with Crippen LogP contribution in [0, 0.1) is 11.3 Å². The maximum absolute atomic E-state index is 9.16. The molecule has 1 atom stereocenters. The van der Waals surface area contributed by atoms with E-state index in [1.807, 2.05) is 7.05 Å². The predicted octanol–water partition coefficient (Wildman–Crippen LogP) is 0.0244. The first-order chi connectivity index (χ1) is 8.76. The Morgan fingerprint density at radius 1 is 1.33 bits per heavy atom. The Hall–Kier alpha value is -1.68. The molecule has 7 heteroatoms. The molecule has 1 saturated heterocycles. The van der Waals surface area contributed by atoms with Crippen molar-refractivity contribution in [2.24, 2.45) is 7.05 Å². The van der Waals surface area contributed by atoms with Crippen LogP contribution in [0.3, 0.4) is 0 Å². The first-order valence-electron chi connectivity index (χ1n) is 6.37. The fourth-order valence-corrected chi connectivity index (χ4v) is 2.33. The summed E-state index contributed by atoms with van der Waals surface area (Å²) in [6.45, 7) is 5.65. The minimum absolute atomic E-state index is 0.0507. The van der Waals surface area contributed by atoms with Crippen LogP contribution in [0.1, 0.15) is 19.8 Å². The summed E-state index contributed by atoms with van der Waals surface area (Å²) in [4.78, 5) is 4.42. The van der Waals surface area contributed by atoms with Crippen LogP contribution in [0.2, 0.25) is 0 Å². The van der Waals surface area contributed by atoms with Gasteiger partial charge in [0, 0.05) is 33.2 Å². The van der Waals surface area contributed by atoms with Gasteiger partial charge in [0.15, 0.2) is 0 Å². The largest absolute Gasteiger partial charge is 0.337 e. The summed E-state index contributed by atoms with van der Waals surface area (Å²) in [5.41, 5.74) is 0. The molecule has 0 radical (unpaired) electrons. The molecule has 0 amide bonds. The minimum Gasteiger partial charge on any atom is -0.337 e. The molecular weight excluding hydrogens is 230 g/mol. The third kappa shape index (κ3) is 2.59. The number of tetrazole rings is 1. The zero-order chi connectivity index (χ0) is 13.0. The fraction of sp³-hybridized carbons (Fsp3) is 0.818. The minimum atomic E-state index is 0.0507. The maximum atomic E-state index is 9.16. The molecule has 0 aliphatic carbocycles. The molecule has 0 aromatic carbocycles. The number of aryl methyl sites for hydroxylation is 1. The van der Waals surface area contributed by atoms with Crippen molar-refractivity contribution < 1.29 is 0 Å². The molecule has 1 aromatic rings. The molecule has 7 nitrogen and oxygen atoms in total. The Labute approximate surface area is 107 Å². The standard InChI is InChI=1S/C11H19N7/c1-3-4-10(9-12)17-5-7-18(8-6-17)11-13-14-15-16(11)2/h10H,3-8H2,1-2H3. The molecule has 1 fully saturated rings. The van der Waals surface area contributed by atoms with E-state index < -0.39 is 0 Å². The molecule has 0 N–H and O–H groups in total. The van der Waals surface area contributed by atoms with E-state index in [2.05, 4.69) is 38.3 Å². The first-order valence-corrected chi connectivity index (χ1v) is 6.37. The third-order valence-electron chi connectivity index (χ3n) is 3.35. The van der Waals surface area contributed by atoms with E-state index in [1.165, 1.54) is 0 Å². The number of nitrogens with zero attached hydrogens (tertiary/aromatic N) is 7. The molecule has 0 spiro atoms. The number of rotatable bonds is 4. The normalized spacial score (nSPS) is 18.6. The smallest absolute Gasteiger partial charge is 0.245 e. The highest BCUT2D eigenvalue weighted by atomic mass is 15.6. The lowest BCUT2D eigenvalue weighted by Gasteiger charge is -2.36. The van der Waals surface area contributed by atoms with Crippen LogP contribution >= 0.6 is 0 Å². The molecule has 0 bridgehead atoms. The SMILES string of the molecule is CCCC(C#N)N1CCN(c2nnnn2C)CC1. The summed E-state index contributed by atoms with van der Waals surface area (Å²) in [6, 6.07) is 2.45. The Kier molecular flexibility index (Phi) is 4.10. The fourth-order valence-electron chi connectivity index (χ4n) is 2.33. The lowest BCUT2D eigenvalue weighted by molar-refractivity contribution is 0.210. The Balaban J connectivity index is 1.92. The summed E-state index contributed by atoms with van der Waals surface area (Å²) in [7, 11) is 1.84. The number of aromatic nitrogens is 4. The van der Waals surface area contributed by atoms with Gasteiger partial charge in [0.2, 0.25) is 5.95 Å². The molecule has 18 heavy (non-hydrogen) atoms. The van der Waals surface area contributed by atoms with Crippen molar-refractivity contribution in [3.05, 3.63) is 0 Å². The van der Waals surface area contributed by atoms with Crippen LogP contribution in [0.15, 0.2) is 0 Å². The second kappa shape index (κ2) is 5.78. The van der Waals surface area contributed by atoms with Crippen LogP contribution in [-0.2, 0) is 7.05 Å². The average Bonchev–Trinajstić information content (AvgIpc) is 2.82. The van der Waals surface area contributed by atoms with Crippen molar-refractivity contribution in [2.75, 3.05) is 31.1 Å². The monoisotopic (exact) mass is 249 g/mol. The number of anilines is 1. The van der Waals surface area contributed by atoms with E-state index in [1.54, 1.807) is 4.68 Å². The van der Waals surface area contributed by atoms with Gasteiger partial charge in [-0.2, -0.15) is 5.26 Å². The van der Waals surface area contributed by atoms with Crippen molar-refractivity contribution >= 4 is 5.95 Å². The summed E-state index contributed by atoms with van der Waals surface area (Å²) in [6.07, 6.45) is 1.99. The number of nitriles is 1. The predicted molar refractivity (Wildman–Crippen MR) is 66.9 cm³/mol. The highest BCUT2D eigenvalue weighted by molar-refractivity contribution is 5.28. The summed E-state index contributed by atoms with van der Waals surface area (Å²) >= 11 is 0. The van der Waals surface area contributed by atoms with Crippen molar-refractivity contribution in [3.8, 4) is 6.07 Å². The molecule has 0 saturated carbocycles. The van der Waals surface area contributed by atoms with E-state index in [0.717, 1.165) is 45.0 Å². The van der Waals surface area contributed by atoms with Crippen LogP contribution < -0.4 is 4.90 Å². The van der Waals surface area contributed by atoms with E-state index in [0.29, 0.717) is 0 Å². The highest BCUT2D eigenvalue weighted by Gasteiger charge is 2.25. The second-order valence-corrected chi connectivity index (χ2v) is 4.56. The van der Waals surface area contributed by atoms with Gasteiger partial charge >= 0.3 is 0 Å². The second-order valence-electron chi connectivity index (χ2n) is 4.56. The van der Waals surface area contributed by atoms with Gasteiger partial charge in [0.05, 0.1) is 12.1 Å². The average molecular weight is 249 g/mol. The quantitative estimate of drug-likeness (QED) is 0.749. The third-order valence-corrected chi connectivity index (χ3v) is 3.35. The zero-order valence-corrected chi connectivity index (χ0v) is 11.0. The van der Waals surface area contributed by atoms with Gasteiger partial charge in [-0.25, -0.2) is 4.68 Å². The van der Waals surface area contributed by atoms with Crippen LogP contribution in [0.25, 0.3) is 0 Å². The van der Waals surface area contributed by atoms with Gasteiger partial charge in [-0.05, 0) is 16.8 Å². The van der Waals surface area contributed by atoms with E-state index in [9.17, 15) is 0 Å². The lowest BCUT2D eigenvalue weighted by atomic mass is 10.1. The van der Waals surface area contributed by atoms with E-state index in [4.69, 9.17) is 5.26 Å². The van der Waals surface area contributed by atoms with Crippen molar-refractivity contribution in [3.63, 3.8) is 0 Å². The van der Waals surface area contributed by atoms with Crippen molar-refractivity contribution in [1.29, 1.82) is 5.26 Å². The van der Waals surface area contributed by atoms with Gasteiger partial charge in [-0.1, -0.05) is 18.4 Å². The summed E-state index contributed by atoms with van der Waals surface area (Å²) < 4.78 is 1.68. The van der Waals surface area contributed by atoms with Gasteiger partial charge in [-0.15, -0.1) is 0 Å². The molecule has 1 aromatic heterocycles. The van der Waals surface area contributed by atoms with E-state index in [-0.39, 0.29) is 6.04 Å². The molecule has 1 unspecified atom stereocenters. The summed E-state index contributed by atoms with van der Waals surface area (Å²) in [5, 5.41) is 20.7. The molecule has 2 rings (SSSR count). The number of hydrogen-bond acceptors (Lipinski definition) is 6. The van der Waals surface area contributed by atoms with Gasteiger partial charge in [-0.3, -0.25) is 4.90 Å².